The summed E-state index contributed by atoms with van der Waals surface area (Å²) in [6.07, 6.45) is 4.29. The lowest BCUT2D eigenvalue weighted by molar-refractivity contribution is -0.217. The van der Waals surface area contributed by atoms with Crippen LogP contribution in [0.15, 0.2) is 30.4 Å². The van der Waals surface area contributed by atoms with Crippen LogP contribution in [0.2, 0.25) is 0 Å². The molecule has 0 aromatic heterocycles. The van der Waals surface area contributed by atoms with Gasteiger partial charge in [-0.25, -0.2) is 4.79 Å². The molecular weight excluding hydrogens is 462 g/mol. The van der Waals surface area contributed by atoms with Gasteiger partial charge >= 0.3 is 12.1 Å². The van der Waals surface area contributed by atoms with Crippen LogP contribution in [0.1, 0.15) is 39.2 Å². The van der Waals surface area contributed by atoms with Crippen molar-refractivity contribution < 1.29 is 28.9 Å². The number of carbonyl (C=O) groups is 2. The summed E-state index contributed by atoms with van der Waals surface area (Å²) in [5, 5.41) is 15.6. The lowest BCUT2D eigenvalue weighted by Gasteiger charge is -2.64. The molecule has 1 aromatic rings. The molecule has 5 rings (SSSR count). The maximum atomic E-state index is 12.8. The summed E-state index contributed by atoms with van der Waals surface area (Å²) in [7, 11) is 3.61. The van der Waals surface area contributed by atoms with Gasteiger partial charge in [-0.3, -0.25) is 9.69 Å². The Morgan fingerprint density at radius 2 is 2.03 bits per heavy atom. The van der Waals surface area contributed by atoms with E-state index in [9.17, 15) is 14.7 Å². The van der Waals surface area contributed by atoms with Gasteiger partial charge in [-0.05, 0) is 37.9 Å². The molecule has 1 aromatic carbocycles. The molecule has 1 saturated heterocycles. The molecule has 0 bridgehead atoms. The lowest BCUT2D eigenvalue weighted by atomic mass is 9.47. The van der Waals surface area contributed by atoms with Crippen molar-refractivity contribution in [2.24, 2.45) is 5.41 Å². The van der Waals surface area contributed by atoms with Gasteiger partial charge in [-0.2, -0.15) is 0 Å². The highest BCUT2D eigenvalue weighted by Crippen LogP contribution is 2.67. The number of esters is 1. The van der Waals surface area contributed by atoms with Crippen molar-refractivity contribution in [2.45, 2.75) is 62.8 Å². The molecule has 1 saturated carbocycles. The molecule has 4 aliphatic rings. The maximum Gasteiger partial charge on any atom is 0.407 e. The van der Waals surface area contributed by atoms with Crippen LogP contribution in [-0.4, -0.2) is 86.3 Å². The Hall–Kier alpha value is -2.78. The van der Waals surface area contributed by atoms with Gasteiger partial charge in [0.25, 0.3) is 0 Å². The summed E-state index contributed by atoms with van der Waals surface area (Å²) in [5.74, 6) is 0.277. The van der Waals surface area contributed by atoms with Crippen LogP contribution in [0.4, 0.5) is 10.5 Å². The minimum absolute atomic E-state index is 0.00862. The van der Waals surface area contributed by atoms with E-state index in [0.717, 1.165) is 36.5 Å². The number of aliphatic hydroxyl groups is 1. The molecule has 2 fully saturated rings. The van der Waals surface area contributed by atoms with Gasteiger partial charge in [0.15, 0.2) is 0 Å². The van der Waals surface area contributed by atoms with Gasteiger partial charge in [-0.1, -0.05) is 25.1 Å². The number of hydrogen-bond acceptors (Lipinski definition) is 8. The summed E-state index contributed by atoms with van der Waals surface area (Å²) in [6.45, 7) is 6.97. The van der Waals surface area contributed by atoms with Crippen LogP contribution >= 0.6 is 0 Å². The highest BCUT2D eigenvalue weighted by atomic mass is 16.6. The molecule has 1 spiro atoms. The fourth-order valence-electron chi connectivity index (χ4n) is 8.04. The second-order valence-electron chi connectivity index (χ2n) is 10.5. The van der Waals surface area contributed by atoms with Gasteiger partial charge in [0.2, 0.25) is 0 Å². The van der Waals surface area contributed by atoms with Gasteiger partial charge in [-0.15, -0.1) is 0 Å². The number of benzene rings is 1. The van der Waals surface area contributed by atoms with E-state index < -0.39 is 40.6 Å². The Balaban J connectivity index is 1.76. The predicted octanol–water partition coefficient (Wildman–Crippen LogP) is 2.21. The van der Waals surface area contributed by atoms with Crippen molar-refractivity contribution in [3.63, 3.8) is 0 Å². The number of carbonyl (C=O) groups excluding carboxylic acids is 2. The third-order valence-corrected chi connectivity index (χ3v) is 9.01. The van der Waals surface area contributed by atoms with E-state index in [0.29, 0.717) is 6.42 Å². The highest BCUT2D eigenvalue weighted by molar-refractivity contribution is 5.72. The van der Waals surface area contributed by atoms with Crippen molar-refractivity contribution in [2.75, 3.05) is 45.3 Å². The average Bonchev–Trinajstić information content (AvgIpc) is 3.37. The minimum Gasteiger partial charge on any atom is -0.497 e. The van der Waals surface area contributed by atoms with Crippen LogP contribution in [0.25, 0.3) is 0 Å². The van der Waals surface area contributed by atoms with Crippen molar-refractivity contribution in [3.8, 4) is 5.75 Å². The second-order valence-corrected chi connectivity index (χ2v) is 10.5. The summed E-state index contributed by atoms with van der Waals surface area (Å²) in [4.78, 5) is 29.5. The number of anilines is 1. The summed E-state index contributed by atoms with van der Waals surface area (Å²) in [5.41, 5.74) is -0.557. The molecule has 1 amide bonds. The van der Waals surface area contributed by atoms with Gasteiger partial charge in [0.05, 0.1) is 26.3 Å². The maximum absolute atomic E-state index is 12.8. The molecule has 2 N–H and O–H groups in total. The van der Waals surface area contributed by atoms with Crippen molar-refractivity contribution in [1.29, 1.82) is 0 Å². The number of alkyl carbamates (subject to hydrolysis) is 1. The van der Waals surface area contributed by atoms with Crippen molar-refractivity contribution in [3.05, 3.63) is 35.9 Å². The minimum atomic E-state index is -1.61. The van der Waals surface area contributed by atoms with Gasteiger partial charge < -0.3 is 29.5 Å². The van der Waals surface area contributed by atoms with Crippen LogP contribution in [0.5, 0.6) is 5.75 Å². The number of nitrogens with zero attached hydrogens (tertiary/aromatic N) is 2. The van der Waals surface area contributed by atoms with Crippen LogP contribution in [0.3, 0.4) is 0 Å². The Labute approximate surface area is 212 Å². The second kappa shape index (κ2) is 8.66. The molecule has 1 unspecified atom stereocenters. The molecule has 0 radical (unpaired) electrons. The lowest BCUT2D eigenvalue weighted by Crippen LogP contribution is -2.81. The van der Waals surface area contributed by atoms with Crippen LogP contribution in [0, 0.1) is 5.41 Å². The molecular formula is C27H37N3O6. The Morgan fingerprint density at radius 1 is 1.25 bits per heavy atom. The average molecular weight is 500 g/mol. The molecule has 3 heterocycles. The first kappa shape index (κ1) is 24.9. The first-order chi connectivity index (χ1) is 17.2. The largest absolute Gasteiger partial charge is 0.497 e. The van der Waals surface area contributed by atoms with E-state index in [-0.39, 0.29) is 19.2 Å². The van der Waals surface area contributed by atoms with Crippen molar-refractivity contribution in [1.82, 2.24) is 10.2 Å². The fourth-order valence-corrected chi connectivity index (χ4v) is 8.04. The number of nitrogens with one attached hydrogen (secondary N) is 1. The first-order valence-corrected chi connectivity index (χ1v) is 12.8. The fraction of sp³-hybridized carbons (Fsp3) is 0.630. The van der Waals surface area contributed by atoms with E-state index in [1.807, 2.05) is 19.2 Å². The Morgan fingerprint density at radius 3 is 2.69 bits per heavy atom. The third-order valence-electron chi connectivity index (χ3n) is 9.01. The highest BCUT2D eigenvalue weighted by Gasteiger charge is 2.77. The molecule has 9 nitrogen and oxygen atoms in total. The molecule has 3 aliphatic heterocycles. The normalized spacial score (nSPS) is 36.1. The number of fused-ring (bicyclic) bond motifs is 1. The number of likely N-dealkylation sites (N-methyl/N-ethyl adjacent to an activating group) is 1. The molecule has 1 aliphatic carbocycles. The van der Waals surface area contributed by atoms with Crippen molar-refractivity contribution >= 4 is 17.7 Å². The van der Waals surface area contributed by atoms with E-state index in [1.165, 1.54) is 6.92 Å². The Kier molecular flexibility index (Phi) is 5.99. The number of amides is 1. The quantitative estimate of drug-likeness (QED) is 0.454. The molecule has 9 heteroatoms. The molecule has 36 heavy (non-hydrogen) atoms. The first-order valence-electron chi connectivity index (χ1n) is 12.8. The zero-order valence-corrected chi connectivity index (χ0v) is 21.7. The number of hydrogen-bond donors (Lipinski definition) is 2. The zero-order chi connectivity index (χ0) is 25.9. The predicted molar refractivity (Wildman–Crippen MR) is 134 cm³/mol. The van der Waals surface area contributed by atoms with E-state index in [4.69, 9.17) is 14.2 Å². The number of ether oxygens (including phenoxy) is 3. The topological polar surface area (TPSA) is 101 Å². The zero-order valence-electron chi connectivity index (χ0n) is 21.7. The monoisotopic (exact) mass is 499 g/mol. The summed E-state index contributed by atoms with van der Waals surface area (Å²) < 4.78 is 16.7. The third kappa shape index (κ3) is 3.14. The van der Waals surface area contributed by atoms with Crippen LogP contribution in [-0.2, 0) is 19.7 Å². The van der Waals surface area contributed by atoms with Gasteiger partial charge in [0, 0.05) is 49.1 Å². The molecule has 6 atom stereocenters. The van der Waals surface area contributed by atoms with Gasteiger partial charge in [0.1, 0.15) is 17.5 Å². The van der Waals surface area contributed by atoms with E-state index in [1.54, 1.807) is 14.0 Å². The van der Waals surface area contributed by atoms with E-state index >= 15 is 0 Å². The standard InChI is InChI=1S/C27H37N3O6/c1-6-25-11-8-13-30-14-12-26(21(25)30)19-10-9-18(34-5)15-20(19)29(4)22(26)27(33,23(25)36-17(3)31)16-28-24(32)35-7-2/h8-11,15,21-23,33H,6-7,12-14,16H2,1-5H3,(H,28,32)/t21-,22+,23+,25?,26+,27-/m0/s1. The SMILES string of the molecule is CCOC(=O)NC[C@@]1(O)[C@H](OC(C)=O)C2(CC)C=CCN3CC[C@@]4(c5ccc(OC)cc5N(C)[C@@H]14)[C@@H]32. The van der Waals surface area contributed by atoms with Crippen LogP contribution < -0.4 is 15.0 Å². The van der Waals surface area contributed by atoms with E-state index in [2.05, 4.69) is 40.3 Å². The summed E-state index contributed by atoms with van der Waals surface area (Å²) in [6, 6.07) is 5.66. The summed E-state index contributed by atoms with van der Waals surface area (Å²) >= 11 is 0. The number of rotatable bonds is 6. The number of methoxy groups -OCH3 is 1. The molecule has 196 valence electrons. The smallest absolute Gasteiger partial charge is 0.407 e. The Bertz CT molecular complexity index is 1090.